The minimum absolute atomic E-state index is 0.0902. The number of ketones is 2. The van der Waals surface area contributed by atoms with E-state index in [1.165, 1.54) is 6.92 Å². The summed E-state index contributed by atoms with van der Waals surface area (Å²) in [4.78, 5) is 24.0. The van der Waals surface area contributed by atoms with Gasteiger partial charge in [0.2, 0.25) is 0 Å². The van der Waals surface area contributed by atoms with Crippen molar-refractivity contribution in [2.24, 2.45) is 0 Å². The first-order valence-corrected chi connectivity index (χ1v) is 5.81. The molecule has 0 aliphatic heterocycles. The van der Waals surface area contributed by atoms with Gasteiger partial charge in [-0.05, 0) is 19.4 Å². The van der Waals surface area contributed by atoms with Crippen LogP contribution >= 0.6 is 0 Å². The van der Waals surface area contributed by atoms with Crippen molar-refractivity contribution >= 4 is 11.6 Å². The molecule has 0 unspecified atom stereocenters. The zero-order valence-corrected chi connectivity index (χ0v) is 10.4. The smallest absolute Gasteiger partial charge is 0.194 e. The van der Waals surface area contributed by atoms with Gasteiger partial charge in [-0.15, -0.1) is 0 Å². The molecule has 2 nitrogen and oxygen atoms in total. The zero-order valence-electron chi connectivity index (χ0n) is 10.4. The third kappa shape index (κ3) is 2.23. The third-order valence-electron chi connectivity index (χ3n) is 2.94. The van der Waals surface area contributed by atoms with Crippen LogP contribution in [0.5, 0.6) is 0 Å². The second kappa shape index (κ2) is 4.96. The van der Waals surface area contributed by atoms with Crippen molar-refractivity contribution in [3.8, 4) is 0 Å². The Morgan fingerprint density at radius 1 is 0.778 bits per heavy atom. The van der Waals surface area contributed by atoms with Crippen LogP contribution in [0.3, 0.4) is 0 Å². The lowest BCUT2D eigenvalue weighted by Crippen LogP contribution is -2.09. The zero-order chi connectivity index (χ0) is 13.1. The van der Waals surface area contributed by atoms with Crippen molar-refractivity contribution in [3.05, 3.63) is 70.8 Å². The average molecular weight is 238 g/mol. The molecule has 0 amide bonds. The monoisotopic (exact) mass is 238 g/mol. The number of hydrogen-bond donors (Lipinski definition) is 0. The molecule has 2 aromatic carbocycles. The van der Waals surface area contributed by atoms with E-state index in [2.05, 4.69) is 0 Å². The standard InChI is InChI=1S/C16H14O2/c1-11-7-3-4-8-13(11)16(18)15-10-6-5-9-14(15)12(2)17/h3-10H,1-2H3. The van der Waals surface area contributed by atoms with Crippen molar-refractivity contribution in [3.63, 3.8) is 0 Å². The summed E-state index contributed by atoms with van der Waals surface area (Å²) in [7, 11) is 0. The number of benzene rings is 2. The van der Waals surface area contributed by atoms with E-state index in [-0.39, 0.29) is 11.6 Å². The van der Waals surface area contributed by atoms with Crippen LogP contribution in [0.4, 0.5) is 0 Å². The fraction of sp³-hybridized carbons (Fsp3) is 0.125. The maximum Gasteiger partial charge on any atom is 0.194 e. The molecular formula is C16H14O2. The fourth-order valence-corrected chi connectivity index (χ4v) is 1.96. The Hall–Kier alpha value is -2.22. The number of Topliss-reactive ketones (excluding diaryl/α,β-unsaturated/α-hetero) is 1. The highest BCUT2D eigenvalue weighted by molar-refractivity contribution is 6.15. The van der Waals surface area contributed by atoms with E-state index in [1.54, 1.807) is 30.3 Å². The lowest BCUT2D eigenvalue weighted by molar-refractivity contribution is 0.0990. The highest BCUT2D eigenvalue weighted by atomic mass is 16.1. The fourth-order valence-electron chi connectivity index (χ4n) is 1.96. The van der Waals surface area contributed by atoms with E-state index in [0.717, 1.165) is 5.56 Å². The van der Waals surface area contributed by atoms with Gasteiger partial charge in [0.15, 0.2) is 11.6 Å². The summed E-state index contributed by atoms with van der Waals surface area (Å²) >= 11 is 0. The summed E-state index contributed by atoms with van der Waals surface area (Å²) in [5, 5.41) is 0. The molecule has 0 saturated carbocycles. The van der Waals surface area contributed by atoms with Gasteiger partial charge >= 0.3 is 0 Å². The van der Waals surface area contributed by atoms with Gasteiger partial charge in [0.05, 0.1) is 0 Å². The molecule has 2 rings (SSSR count). The third-order valence-corrected chi connectivity index (χ3v) is 2.94. The maximum atomic E-state index is 12.4. The van der Waals surface area contributed by atoms with Gasteiger partial charge in [0.25, 0.3) is 0 Å². The van der Waals surface area contributed by atoms with Gasteiger partial charge in [-0.2, -0.15) is 0 Å². The van der Waals surface area contributed by atoms with Crippen LogP contribution in [0, 0.1) is 6.92 Å². The van der Waals surface area contributed by atoms with Crippen LogP contribution in [0.2, 0.25) is 0 Å². The summed E-state index contributed by atoms with van der Waals surface area (Å²) < 4.78 is 0. The van der Waals surface area contributed by atoms with E-state index >= 15 is 0 Å². The van der Waals surface area contributed by atoms with Gasteiger partial charge < -0.3 is 0 Å². The summed E-state index contributed by atoms with van der Waals surface area (Å²) in [5.74, 6) is -0.188. The highest BCUT2D eigenvalue weighted by Gasteiger charge is 2.16. The lowest BCUT2D eigenvalue weighted by Gasteiger charge is -2.08. The SMILES string of the molecule is CC(=O)c1ccccc1C(=O)c1ccccc1C. The summed E-state index contributed by atoms with van der Waals surface area (Å²) in [6, 6.07) is 14.3. The van der Waals surface area contributed by atoms with E-state index in [1.807, 2.05) is 25.1 Å². The minimum Gasteiger partial charge on any atom is -0.294 e. The quantitative estimate of drug-likeness (QED) is 0.768. The second-order valence-electron chi connectivity index (χ2n) is 4.25. The minimum atomic E-state index is -0.0982. The number of rotatable bonds is 3. The van der Waals surface area contributed by atoms with Crippen LogP contribution in [0.25, 0.3) is 0 Å². The normalized spacial score (nSPS) is 10.1. The Balaban J connectivity index is 2.54. The molecule has 0 radical (unpaired) electrons. The summed E-state index contributed by atoms with van der Waals surface area (Å²) in [6.07, 6.45) is 0. The molecule has 0 spiro atoms. The second-order valence-corrected chi connectivity index (χ2v) is 4.25. The maximum absolute atomic E-state index is 12.4. The molecule has 0 N–H and O–H groups in total. The number of carbonyl (C=O) groups is 2. The molecule has 0 heterocycles. The van der Waals surface area contributed by atoms with Gasteiger partial charge in [-0.1, -0.05) is 48.5 Å². The predicted octanol–water partition coefficient (Wildman–Crippen LogP) is 3.43. The Kier molecular flexibility index (Phi) is 3.38. The molecule has 0 fully saturated rings. The summed E-state index contributed by atoms with van der Waals surface area (Å²) in [5.41, 5.74) is 2.51. The van der Waals surface area contributed by atoms with E-state index < -0.39 is 0 Å². The molecule has 90 valence electrons. The first-order valence-electron chi connectivity index (χ1n) is 5.81. The molecule has 0 aliphatic rings. The van der Waals surface area contributed by atoms with Crippen LogP contribution < -0.4 is 0 Å². The number of hydrogen-bond acceptors (Lipinski definition) is 2. The highest BCUT2D eigenvalue weighted by Crippen LogP contribution is 2.17. The molecule has 0 aromatic heterocycles. The Labute approximate surface area is 106 Å². The van der Waals surface area contributed by atoms with Crippen LogP contribution in [-0.2, 0) is 0 Å². The molecule has 0 saturated heterocycles. The Morgan fingerprint density at radius 2 is 1.28 bits per heavy atom. The van der Waals surface area contributed by atoms with E-state index in [9.17, 15) is 9.59 Å². The number of carbonyl (C=O) groups excluding carboxylic acids is 2. The predicted molar refractivity (Wildman–Crippen MR) is 71.1 cm³/mol. The van der Waals surface area contributed by atoms with Crippen molar-refractivity contribution in [1.82, 2.24) is 0 Å². The van der Waals surface area contributed by atoms with Gasteiger partial charge in [-0.3, -0.25) is 9.59 Å². The molecule has 0 atom stereocenters. The molecular weight excluding hydrogens is 224 g/mol. The van der Waals surface area contributed by atoms with E-state index in [0.29, 0.717) is 16.7 Å². The van der Waals surface area contributed by atoms with Crippen molar-refractivity contribution in [2.45, 2.75) is 13.8 Å². The van der Waals surface area contributed by atoms with Crippen LogP contribution in [0.1, 0.15) is 38.8 Å². The van der Waals surface area contributed by atoms with Crippen molar-refractivity contribution < 1.29 is 9.59 Å². The van der Waals surface area contributed by atoms with Crippen LogP contribution in [-0.4, -0.2) is 11.6 Å². The number of aryl methyl sites for hydroxylation is 1. The molecule has 2 heteroatoms. The Bertz CT molecular complexity index is 612. The van der Waals surface area contributed by atoms with E-state index in [4.69, 9.17) is 0 Å². The first kappa shape index (κ1) is 12.2. The van der Waals surface area contributed by atoms with Gasteiger partial charge in [-0.25, -0.2) is 0 Å². The molecule has 2 aromatic rings. The Morgan fingerprint density at radius 3 is 1.83 bits per heavy atom. The van der Waals surface area contributed by atoms with Crippen LogP contribution in [0.15, 0.2) is 48.5 Å². The first-order chi connectivity index (χ1) is 8.61. The lowest BCUT2D eigenvalue weighted by atomic mass is 9.94. The van der Waals surface area contributed by atoms with Crippen molar-refractivity contribution in [2.75, 3.05) is 0 Å². The molecule has 18 heavy (non-hydrogen) atoms. The average Bonchev–Trinajstić information content (AvgIpc) is 2.38. The van der Waals surface area contributed by atoms with Gasteiger partial charge in [0, 0.05) is 16.7 Å². The topological polar surface area (TPSA) is 34.1 Å². The molecule has 0 aliphatic carbocycles. The largest absolute Gasteiger partial charge is 0.294 e. The molecule has 0 bridgehead atoms. The van der Waals surface area contributed by atoms with Gasteiger partial charge in [0.1, 0.15) is 0 Å². The van der Waals surface area contributed by atoms with Crippen molar-refractivity contribution in [1.29, 1.82) is 0 Å². The summed E-state index contributed by atoms with van der Waals surface area (Å²) in [6.45, 7) is 3.37.